The predicted octanol–water partition coefficient (Wildman–Crippen LogP) is 3.21. The molecule has 2 rings (SSSR count). The monoisotopic (exact) mass is 294 g/mol. The van der Waals surface area contributed by atoms with Crippen LogP contribution in [0, 0.1) is 5.82 Å². The van der Waals surface area contributed by atoms with E-state index in [-0.39, 0.29) is 22.5 Å². The van der Waals surface area contributed by atoms with Crippen LogP contribution in [0.2, 0.25) is 0 Å². The molecule has 0 amide bonds. The Hall–Kier alpha value is -1.82. The number of ketones is 1. The number of rotatable bonds is 3. The molecule has 0 radical (unpaired) electrons. The summed E-state index contributed by atoms with van der Waals surface area (Å²) in [4.78, 5) is 12.9. The maximum absolute atomic E-state index is 13.7. The van der Waals surface area contributed by atoms with Crippen LogP contribution in [0.1, 0.15) is 41.7 Å². The molecule has 0 spiro atoms. The van der Waals surface area contributed by atoms with E-state index < -0.39 is 5.82 Å². The average Bonchev–Trinajstić information content (AvgIpc) is 2.86. The highest BCUT2D eigenvalue weighted by molar-refractivity contribution is 7.08. The van der Waals surface area contributed by atoms with Gasteiger partial charge in [0.2, 0.25) is 5.78 Å². The third-order valence-electron chi connectivity index (χ3n) is 2.82. The lowest BCUT2D eigenvalue weighted by Crippen LogP contribution is -2.16. The molecule has 1 aromatic heterocycles. The van der Waals surface area contributed by atoms with Crippen molar-refractivity contribution in [3.05, 3.63) is 40.2 Å². The van der Waals surface area contributed by atoms with Crippen LogP contribution < -0.4 is 4.74 Å². The third-order valence-corrected chi connectivity index (χ3v) is 3.54. The summed E-state index contributed by atoms with van der Waals surface area (Å²) in [5, 5.41) is 4.02. The molecule has 1 aromatic carbocycles. The Morgan fingerprint density at radius 1 is 1.35 bits per heavy atom. The zero-order valence-corrected chi connectivity index (χ0v) is 12.5. The van der Waals surface area contributed by atoms with Crippen LogP contribution in [0.15, 0.2) is 18.2 Å². The summed E-state index contributed by atoms with van der Waals surface area (Å²) in [6, 6.07) is 4.15. The lowest BCUT2D eigenvalue weighted by Gasteiger charge is -2.16. The second-order valence-corrected chi connectivity index (χ2v) is 6.13. The van der Waals surface area contributed by atoms with Gasteiger partial charge in [-0.25, -0.2) is 4.39 Å². The van der Waals surface area contributed by atoms with E-state index in [9.17, 15) is 9.18 Å². The molecule has 4 nitrogen and oxygen atoms in total. The molecule has 0 aliphatic rings. The fraction of sp³-hybridized carbons (Fsp3) is 0.357. The Bertz CT molecular complexity index is 647. The first-order chi connectivity index (χ1) is 9.34. The van der Waals surface area contributed by atoms with E-state index in [1.54, 1.807) is 0 Å². The third kappa shape index (κ3) is 2.70. The van der Waals surface area contributed by atoms with Gasteiger partial charge in [-0.05, 0) is 29.7 Å². The fourth-order valence-corrected chi connectivity index (χ4v) is 2.61. The summed E-state index contributed by atoms with van der Waals surface area (Å²) in [6.45, 7) is 5.86. The molecular formula is C14H15FN2O2S. The summed E-state index contributed by atoms with van der Waals surface area (Å²) in [5.74, 6) is -0.723. The Balaban J connectivity index is 2.42. The number of ether oxygens (including phenoxy) is 1. The summed E-state index contributed by atoms with van der Waals surface area (Å²) in [7, 11) is 1.38. The molecule has 0 saturated heterocycles. The molecule has 1 heterocycles. The lowest BCUT2D eigenvalue weighted by atomic mass is 9.90. The van der Waals surface area contributed by atoms with Crippen LogP contribution >= 0.6 is 11.5 Å². The van der Waals surface area contributed by atoms with E-state index in [2.05, 4.69) is 9.59 Å². The highest BCUT2D eigenvalue weighted by Gasteiger charge is 2.27. The maximum atomic E-state index is 13.7. The smallest absolute Gasteiger partial charge is 0.206 e. The van der Waals surface area contributed by atoms with Crippen LogP contribution in [0.3, 0.4) is 0 Å². The molecule has 0 saturated carbocycles. The van der Waals surface area contributed by atoms with Gasteiger partial charge in [0.15, 0.2) is 11.6 Å². The van der Waals surface area contributed by atoms with E-state index >= 15 is 0 Å². The topological polar surface area (TPSA) is 52.1 Å². The van der Waals surface area contributed by atoms with Gasteiger partial charge < -0.3 is 4.74 Å². The first kappa shape index (κ1) is 14.6. The second kappa shape index (κ2) is 5.28. The first-order valence-electron chi connectivity index (χ1n) is 6.05. The summed E-state index contributed by atoms with van der Waals surface area (Å²) in [6.07, 6.45) is 0. The van der Waals surface area contributed by atoms with Gasteiger partial charge in [0.1, 0.15) is 4.88 Å². The first-order valence-corrected chi connectivity index (χ1v) is 6.83. The normalized spacial score (nSPS) is 11.4. The number of hydrogen-bond acceptors (Lipinski definition) is 5. The van der Waals surface area contributed by atoms with Gasteiger partial charge in [0, 0.05) is 11.0 Å². The van der Waals surface area contributed by atoms with Crippen molar-refractivity contribution in [1.82, 2.24) is 9.59 Å². The molecule has 6 heteroatoms. The van der Waals surface area contributed by atoms with Crippen molar-refractivity contribution < 1.29 is 13.9 Å². The molecule has 0 unspecified atom stereocenters. The van der Waals surface area contributed by atoms with Gasteiger partial charge in [-0.1, -0.05) is 25.3 Å². The summed E-state index contributed by atoms with van der Waals surface area (Å²) in [5.41, 5.74) is 0.604. The number of aromatic nitrogens is 2. The number of hydrogen-bond donors (Lipinski definition) is 0. The Labute approximate surface area is 120 Å². The number of carbonyl (C=O) groups excluding carboxylic acids is 1. The summed E-state index contributed by atoms with van der Waals surface area (Å²) < 4.78 is 22.4. The van der Waals surface area contributed by atoms with Crippen LogP contribution in [0.25, 0.3) is 0 Å². The van der Waals surface area contributed by atoms with Gasteiger partial charge in [-0.15, -0.1) is 5.10 Å². The van der Waals surface area contributed by atoms with Gasteiger partial charge in [-0.3, -0.25) is 4.79 Å². The fourth-order valence-electron chi connectivity index (χ4n) is 1.77. The van der Waals surface area contributed by atoms with Crippen LogP contribution in [-0.2, 0) is 5.41 Å². The minimum Gasteiger partial charge on any atom is -0.494 e. The Morgan fingerprint density at radius 2 is 2.05 bits per heavy atom. The quantitative estimate of drug-likeness (QED) is 0.816. The molecule has 0 fully saturated rings. The Morgan fingerprint density at radius 3 is 2.60 bits per heavy atom. The van der Waals surface area contributed by atoms with Crippen LogP contribution in [0.4, 0.5) is 4.39 Å². The van der Waals surface area contributed by atoms with Crippen molar-refractivity contribution in [2.45, 2.75) is 26.2 Å². The minimum atomic E-state index is -0.562. The maximum Gasteiger partial charge on any atom is 0.206 e. The van der Waals surface area contributed by atoms with Crippen LogP contribution in [0.5, 0.6) is 5.75 Å². The second-order valence-electron chi connectivity index (χ2n) is 5.38. The highest BCUT2D eigenvalue weighted by atomic mass is 32.1. The van der Waals surface area contributed by atoms with Gasteiger partial charge in [0.25, 0.3) is 0 Å². The van der Waals surface area contributed by atoms with Crippen molar-refractivity contribution in [3.8, 4) is 5.75 Å². The largest absolute Gasteiger partial charge is 0.494 e. The van der Waals surface area contributed by atoms with Crippen molar-refractivity contribution in [2.24, 2.45) is 0 Å². The summed E-state index contributed by atoms with van der Waals surface area (Å²) >= 11 is 1.03. The SMILES string of the molecule is COc1ccc(C(=O)c2snnc2C(C)(C)C)cc1F. The van der Waals surface area contributed by atoms with E-state index in [0.717, 1.165) is 11.5 Å². The number of carbonyl (C=O) groups is 1. The van der Waals surface area contributed by atoms with Crippen molar-refractivity contribution in [1.29, 1.82) is 0 Å². The van der Waals surface area contributed by atoms with E-state index in [0.29, 0.717) is 10.6 Å². The molecule has 0 atom stereocenters. The molecule has 0 N–H and O–H groups in total. The zero-order valence-electron chi connectivity index (χ0n) is 11.7. The molecular weight excluding hydrogens is 279 g/mol. The van der Waals surface area contributed by atoms with E-state index in [1.165, 1.54) is 25.3 Å². The van der Waals surface area contributed by atoms with E-state index in [1.807, 2.05) is 20.8 Å². The number of benzene rings is 1. The van der Waals surface area contributed by atoms with Crippen molar-refractivity contribution in [2.75, 3.05) is 7.11 Å². The lowest BCUT2D eigenvalue weighted by molar-refractivity contribution is 0.103. The van der Waals surface area contributed by atoms with Crippen molar-refractivity contribution >= 4 is 17.3 Å². The van der Waals surface area contributed by atoms with Crippen molar-refractivity contribution in [3.63, 3.8) is 0 Å². The molecule has 0 aliphatic heterocycles. The predicted molar refractivity (Wildman–Crippen MR) is 75.0 cm³/mol. The molecule has 2 aromatic rings. The van der Waals surface area contributed by atoms with Gasteiger partial charge in [-0.2, -0.15) is 0 Å². The van der Waals surface area contributed by atoms with Gasteiger partial charge >= 0.3 is 0 Å². The average molecular weight is 294 g/mol. The number of nitrogens with zero attached hydrogens (tertiary/aromatic N) is 2. The van der Waals surface area contributed by atoms with Crippen LogP contribution in [-0.4, -0.2) is 22.5 Å². The standard InChI is InChI=1S/C14H15FN2O2S/c1-14(2,3)13-12(20-17-16-13)11(18)8-5-6-10(19-4)9(15)7-8/h5-7H,1-4H3. The van der Waals surface area contributed by atoms with Gasteiger partial charge in [0.05, 0.1) is 12.8 Å². The Kier molecular flexibility index (Phi) is 3.85. The minimum absolute atomic E-state index is 0.111. The van der Waals surface area contributed by atoms with E-state index in [4.69, 9.17) is 4.74 Å². The molecule has 20 heavy (non-hydrogen) atoms. The molecule has 0 aliphatic carbocycles. The number of methoxy groups -OCH3 is 1. The molecule has 106 valence electrons. The highest BCUT2D eigenvalue weighted by Crippen LogP contribution is 2.28. The number of halogens is 1. The molecule has 0 bridgehead atoms. The zero-order chi connectivity index (χ0) is 14.9.